The molecule has 2 aliphatic carbocycles. The average Bonchev–Trinajstić information content (AvgIpc) is 3.24. The Labute approximate surface area is 126 Å². The molecule has 118 valence electrons. The highest BCUT2D eigenvalue weighted by atomic mass is 16.5. The second-order valence-corrected chi connectivity index (χ2v) is 7.06. The third-order valence-electron chi connectivity index (χ3n) is 5.70. The fourth-order valence-electron chi connectivity index (χ4n) is 3.81. The fourth-order valence-corrected chi connectivity index (χ4v) is 3.81. The van der Waals surface area contributed by atoms with Crippen LogP contribution >= 0.6 is 0 Å². The number of methoxy groups -OCH3 is 1. The van der Waals surface area contributed by atoms with Gasteiger partial charge in [0.2, 0.25) is 11.8 Å². The topological polar surface area (TPSA) is 58.6 Å². The standard InChI is InChI=1S/C16H26N2O3/c1-4-12-13(19)17-15(2,11-6-7-11)14(20)18(12)10-16(21-3)8-5-9-16/h11-12H,4-10H2,1-3H3,(H,17,19). The van der Waals surface area contributed by atoms with Crippen molar-refractivity contribution in [2.75, 3.05) is 13.7 Å². The van der Waals surface area contributed by atoms with Gasteiger partial charge in [-0.3, -0.25) is 9.59 Å². The van der Waals surface area contributed by atoms with E-state index in [-0.39, 0.29) is 23.5 Å². The first-order valence-corrected chi connectivity index (χ1v) is 8.14. The van der Waals surface area contributed by atoms with E-state index in [2.05, 4.69) is 5.32 Å². The summed E-state index contributed by atoms with van der Waals surface area (Å²) in [4.78, 5) is 27.3. The molecule has 5 nitrogen and oxygen atoms in total. The van der Waals surface area contributed by atoms with E-state index in [0.717, 1.165) is 32.1 Å². The summed E-state index contributed by atoms with van der Waals surface area (Å²) < 4.78 is 5.67. The Bertz CT molecular complexity index is 451. The van der Waals surface area contributed by atoms with Crippen molar-refractivity contribution in [3.63, 3.8) is 0 Å². The molecule has 3 fully saturated rings. The molecule has 0 aromatic rings. The first-order valence-electron chi connectivity index (χ1n) is 8.14. The van der Waals surface area contributed by atoms with Crippen molar-refractivity contribution < 1.29 is 14.3 Å². The lowest BCUT2D eigenvalue weighted by Crippen LogP contribution is -2.72. The predicted octanol–water partition coefficient (Wildman–Crippen LogP) is 1.46. The van der Waals surface area contributed by atoms with E-state index in [1.165, 1.54) is 0 Å². The van der Waals surface area contributed by atoms with Gasteiger partial charge in [0.1, 0.15) is 11.6 Å². The molecular formula is C16H26N2O3. The quantitative estimate of drug-likeness (QED) is 0.835. The molecule has 0 bridgehead atoms. The highest BCUT2D eigenvalue weighted by Gasteiger charge is 2.56. The van der Waals surface area contributed by atoms with E-state index in [4.69, 9.17) is 4.74 Å². The molecule has 1 saturated heterocycles. The lowest BCUT2D eigenvalue weighted by atomic mass is 9.78. The van der Waals surface area contributed by atoms with Gasteiger partial charge < -0.3 is 15.0 Å². The monoisotopic (exact) mass is 294 g/mol. The summed E-state index contributed by atoms with van der Waals surface area (Å²) in [6.45, 7) is 4.41. The van der Waals surface area contributed by atoms with E-state index < -0.39 is 5.54 Å². The van der Waals surface area contributed by atoms with Crippen LogP contribution in [0.25, 0.3) is 0 Å². The average molecular weight is 294 g/mol. The molecule has 1 aliphatic heterocycles. The number of carbonyl (C=O) groups is 2. The zero-order valence-corrected chi connectivity index (χ0v) is 13.3. The first-order chi connectivity index (χ1) is 9.96. The lowest BCUT2D eigenvalue weighted by molar-refractivity contribution is -0.164. The second-order valence-electron chi connectivity index (χ2n) is 7.06. The van der Waals surface area contributed by atoms with Crippen LogP contribution in [0.3, 0.4) is 0 Å². The molecule has 0 aromatic carbocycles. The highest BCUT2D eigenvalue weighted by molar-refractivity contribution is 6.00. The number of hydrogen-bond donors (Lipinski definition) is 1. The van der Waals surface area contributed by atoms with Crippen LogP contribution in [-0.2, 0) is 14.3 Å². The molecule has 0 spiro atoms. The van der Waals surface area contributed by atoms with Crippen LogP contribution in [0.15, 0.2) is 0 Å². The molecule has 1 heterocycles. The van der Waals surface area contributed by atoms with Crippen molar-refractivity contribution in [3.8, 4) is 0 Å². The molecular weight excluding hydrogens is 268 g/mol. The Hall–Kier alpha value is -1.10. The number of amides is 2. The summed E-state index contributed by atoms with van der Waals surface area (Å²) in [5.41, 5.74) is -0.938. The van der Waals surface area contributed by atoms with Gasteiger partial charge in [-0.05, 0) is 51.4 Å². The van der Waals surface area contributed by atoms with Crippen molar-refractivity contribution in [2.24, 2.45) is 5.92 Å². The number of carbonyl (C=O) groups excluding carboxylic acids is 2. The predicted molar refractivity (Wildman–Crippen MR) is 78.7 cm³/mol. The third kappa shape index (κ3) is 2.26. The molecule has 3 rings (SSSR count). The number of piperazine rings is 1. The Morgan fingerprint density at radius 1 is 1.33 bits per heavy atom. The van der Waals surface area contributed by atoms with Gasteiger partial charge >= 0.3 is 0 Å². The van der Waals surface area contributed by atoms with Crippen LogP contribution in [-0.4, -0.2) is 47.6 Å². The van der Waals surface area contributed by atoms with E-state index >= 15 is 0 Å². The fraction of sp³-hybridized carbons (Fsp3) is 0.875. The SMILES string of the molecule is CCC1C(=O)NC(C)(C2CC2)C(=O)N1CC1(OC)CCC1. The molecule has 1 N–H and O–H groups in total. The van der Waals surface area contributed by atoms with Crippen molar-refractivity contribution in [1.29, 1.82) is 0 Å². The van der Waals surface area contributed by atoms with Crippen LogP contribution in [0, 0.1) is 5.92 Å². The largest absolute Gasteiger partial charge is 0.376 e. The lowest BCUT2D eigenvalue weighted by Gasteiger charge is -2.50. The van der Waals surface area contributed by atoms with Gasteiger partial charge in [0.15, 0.2) is 0 Å². The van der Waals surface area contributed by atoms with Crippen LogP contribution in [0.1, 0.15) is 52.4 Å². The molecule has 2 unspecified atom stereocenters. The van der Waals surface area contributed by atoms with Gasteiger partial charge in [0.05, 0.1) is 12.1 Å². The van der Waals surface area contributed by atoms with Gasteiger partial charge in [0.25, 0.3) is 0 Å². The Balaban J connectivity index is 1.86. The van der Waals surface area contributed by atoms with Crippen LogP contribution in [0.2, 0.25) is 0 Å². The zero-order chi connectivity index (χ0) is 15.3. The second kappa shape index (κ2) is 4.97. The zero-order valence-electron chi connectivity index (χ0n) is 13.3. The smallest absolute Gasteiger partial charge is 0.249 e. The summed E-state index contributed by atoms with van der Waals surface area (Å²) in [6, 6.07) is -0.350. The minimum atomic E-state index is -0.707. The summed E-state index contributed by atoms with van der Waals surface area (Å²) >= 11 is 0. The van der Waals surface area contributed by atoms with E-state index in [0.29, 0.717) is 18.9 Å². The van der Waals surface area contributed by atoms with Crippen molar-refractivity contribution >= 4 is 11.8 Å². The van der Waals surface area contributed by atoms with Gasteiger partial charge in [-0.1, -0.05) is 6.92 Å². The molecule has 2 atom stereocenters. The summed E-state index contributed by atoms with van der Waals surface area (Å²) in [7, 11) is 1.72. The van der Waals surface area contributed by atoms with Crippen molar-refractivity contribution in [2.45, 2.75) is 69.6 Å². The normalized spacial score (nSPS) is 35.4. The molecule has 2 amide bonds. The van der Waals surface area contributed by atoms with Crippen molar-refractivity contribution in [3.05, 3.63) is 0 Å². The Morgan fingerprint density at radius 3 is 2.43 bits per heavy atom. The van der Waals surface area contributed by atoms with Gasteiger partial charge in [-0.2, -0.15) is 0 Å². The Kier molecular flexibility index (Phi) is 3.51. The number of ether oxygens (including phenoxy) is 1. The highest BCUT2D eigenvalue weighted by Crippen LogP contribution is 2.44. The maximum atomic E-state index is 13.0. The molecule has 5 heteroatoms. The number of hydrogen-bond acceptors (Lipinski definition) is 3. The van der Waals surface area contributed by atoms with Crippen molar-refractivity contribution in [1.82, 2.24) is 10.2 Å². The number of nitrogens with one attached hydrogen (secondary N) is 1. The van der Waals surface area contributed by atoms with Gasteiger partial charge in [-0.25, -0.2) is 0 Å². The van der Waals surface area contributed by atoms with E-state index in [9.17, 15) is 9.59 Å². The third-order valence-corrected chi connectivity index (χ3v) is 5.70. The Morgan fingerprint density at radius 2 is 2.00 bits per heavy atom. The number of rotatable bonds is 5. The maximum absolute atomic E-state index is 13.0. The van der Waals surface area contributed by atoms with E-state index in [1.807, 2.05) is 13.8 Å². The summed E-state index contributed by atoms with van der Waals surface area (Å²) in [6.07, 6.45) is 5.80. The summed E-state index contributed by atoms with van der Waals surface area (Å²) in [5.74, 6) is 0.381. The molecule has 0 radical (unpaired) electrons. The van der Waals surface area contributed by atoms with Gasteiger partial charge in [0, 0.05) is 7.11 Å². The molecule has 21 heavy (non-hydrogen) atoms. The molecule has 0 aromatic heterocycles. The maximum Gasteiger partial charge on any atom is 0.249 e. The van der Waals surface area contributed by atoms with E-state index in [1.54, 1.807) is 12.0 Å². The minimum absolute atomic E-state index is 0.00271. The molecule has 2 saturated carbocycles. The number of nitrogens with zero attached hydrogens (tertiary/aromatic N) is 1. The first kappa shape index (κ1) is 14.8. The van der Waals surface area contributed by atoms with Crippen LogP contribution in [0.4, 0.5) is 0 Å². The minimum Gasteiger partial charge on any atom is -0.376 e. The van der Waals surface area contributed by atoms with Crippen LogP contribution in [0.5, 0.6) is 0 Å². The summed E-state index contributed by atoms with van der Waals surface area (Å²) in [5, 5.41) is 3.00. The van der Waals surface area contributed by atoms with Crippen LogP contribution < -0.4 is 5.32 Å². The molecule has 3 aliphatic rings. The van der Waals surface area contributed by atoms with Gasteiger partial charge in [-0.15, -0.1) is 0 Å².